The maximum atomic E-state index is 12.7. The number of amides is 1. The number of carbonyl (C=O) groups is 1. The van der Waals surface area contributed by atoms with E-state index >= 15 is 0 Å². The minimum absolute atomic E-state index is 0.0312. The minimum atomic E-state index is -4.45. The summed E-state index contributed by atoms with van der Waals surface area (Å²) in [5, 5.41) is 2.77. The highest BCUT2D eigenvalue weighted by atomic mass is 19.4. The monoisotopic (exact) mass is 319 g/mol. The predicted molar refractivity (Wildman–Crippen MR) is 81.1 cm³/mol. The Morgan fingerprint density at radius 1 is 1.04 bits per heavy atom. The van der Waals surface area contributed by atoms with Crippen LogP contribution < -0.4 is 5.32 Å². The fraction of sp³-hybridized carbons (Fsp3) is 0.278. The van der Waals surface area contributed by atoms with Crippen molar-refractivity contribution in [2.24, 2.45) is 0 Å². The lowest BCUT2D eigenvalue weighted by molar-refractivity contribution is -0.137. The smallest absolute Gasteiger partial charge is 0.351 e. The number of carbonyl (C=O) groups excluding carboxylic acids is 1. The van der Waals surface area contributed by atoms with Crippen molar-refractivity contribution in [2.75, 3.05) is 6.54 Å². The lowest BCUT2D eigenvalue weighted by Crippen LogP contribution is -2.32. The van der Waals surface area contributed by atoms with Crippen LogP contribution in [-0.2, 0) is 11.6 Å². The highest BCUT2D eigenvalue weighted by Crippen LogP contribution is 2.47. The van der Waals surface area contributed by atoms with E-state index in [9.17, 15) is 18.0 Å². The Morgan fingerprint density at radius 3 is 2.35 bits per heavy atom. The largest absolute Gasteiger partial charge is 0.416 e. The summed E-state index contributed by atoms with van der Waals surface area (Å²) in [5.41, 5.74) is 0.306. The van der Waals surface area contributed by atoms with Gasteiger partial charge < -0.3 is 5.32 Å². The van der Waals surface area contributed by atoms with Crippen molar-refractivity contribution >= 4 is 5.91 Å². The Hall–Kier alpha value is -2.30. The van der Waals surface area contributed by atoms with Crippen LogP contribution in [0.4, 0.5) is 13.2 Å². The Bertz CT molecular complexity index is 706. The molecule has 0 unspecified atom stereocenters. The van der Waals surface area contributed by atoms with Crippen molar-refractivity contribution in [3.05, 3.63) is 71.3 Å². The Balaban J connectivity index is 1.69. The van der Waals surface area contributed by atoms with Gasteiger partial charge in [0.15, 0.2) is 0 Å². The molecule has 0 aromatic heterocycles. The van der Waals surface area contributed by atoms with Crippen LogP contribution in [0, 0.1) is 0 Å². The van der Waals surface area contributed by atoms with E-state index in [0.717, 1.165) is 30.5 Å². The van der Waals surface area contributed by atoms with Crippen molar-refractivity contribution < 1.29 is 18.0 Å². The first kappa shape index (κ1) is 15.6. The number of alkyl halides is 3. The predicted octanol–water partition coefficient (Wildman–Crippen LogP) is 4.17. The first-order valence-electron chi connectivity index (χ1n) is 7.42. The van der Waals surface area contributed by atoms with Gasteiger partial charge in [-0.15, -0.1) is 0 Å². The van der Waals surface area contributed by atoms with Gasteiger partial charge in [-0.2, -0.15) is 13.2 Å². The van der Waals surface area contributed by atoms with Crippen molar-refractivity contribution in [1.29, 1.82) is 0 Å². The van der Waals surface area contributed by atoms with Gasteiger partial charge in [0, 0.05) is 17.5 Å². The zero-order chi connectivity index (χ0) is 16.5. The molecule has 1 amide bonds. The average Bonchev–Trinajstić information content (AvgIpc) is 3.34. The van der Waals surface area contributed by atoms with Gasteiger partial charge in [0.2, 0.25) is 0 Å². The molecular weight excluding hydrogens is 303 g/mol. The van der Waals surface area contributed by atoms with Gasteiger partial charge in [-0.05, 0) is 36.6 Å². The quantitative estimate of drug-likeness (QED) is 0.900. The molecule has 0 radical (unpaired) electrons. The molecular formula is C18H16F3NO. The van der Waals surface area contributed by atoms with Crippen molar-refractivity contribution in [2.45, 2.75) is 24.4 Å². The Labute approximate surface area is 132 Å². The number of benzene rings is 2. The third-order valence-electron chi connectivity index (χ3n) is 4.28. The van der Waals surface area contributed by atoms with E-state index in [1.54, 1.807) is 0 Å². The van der Waals surface area contributed by atoms with Crippen LogP contribution in [0.1, 0.15) is 34.3 Å². The molecule has 1 N–H and O–H groups in total. The van der Waals surface area contributed by atoms with E-state index in [2.05, 4.69) is 5.32 Å². The van der Waals surface area contributed by atoms with E-state index in [0.29, 0.717) is 6.54 Å². The van der Waals surface area contributed by atoms with Crippen molar-refractivity contribution in [3.63, 3.8) is 0 Å². The van der Waals surface area contributed by atoms with Crippen LogP contribution in [0.25, 0.3) is 0 Å². The van der Waals surface area contributed by atoms with E-state index in [-0.39, 0.29) is 11.0 Å². The molecule has 120 valence electrons. The molecule has 2 aromatic carbocycles. The van der Waals surface area contributed by atoms with Crippen LogP contribution in [0.3, 0.4) is 0 Å². The molecule has 0 spiro atoms. The fourth-order valence-electron chi connectivity index (χ4n) is 2.70. The van der Waals surface area contributed by atoms with Gasteiger partial charge in [-0.1, -0.05) is 36.4 Å². The highest BCUT2D eigenvalue weighted by molar-refractivity contribution is 5.94. The number of hydrogen-bond donors (Lipinski definition) is 1. The second-order valence-corrected chi connectivity index (χ2v) is 5.91. The van der Waals surface area contributed by atoms with Crippen LogP contribution in [0.15, 0.2) is 54.6 Å². The summed E-state index contributed by atoms with van der Waals surface area (Å²) >= 11 is 0. The first-order valence-corrected chi connectivity index (χ1v) is 7.42. The summed E-state index contributed by atoms with van der Waals surface area (Å²) in [4.78, 5) is 12.2. The molecule has 1 saturated carbocycles. The van der Waals surface area contributed by atoms with Gasteiger partial charge in [0.1, 0.15) is 0 Å². The number of nitrogens with one attached hydrogen (secondary N) is 1. The highest BCUT2D eigenvalue weighted by Gasteiger charge is 2.44. The zero-order valence-electron chi connectivity index (χ0n) is 12.4. The van der Waals surface area contributed by atoms with E-state index in [4.69, 9.17) is 0 Å². The summed E-state index contributed by atoms with van der Waals surface area (Å²) in [6, 6.07) is 14.4. The standard InChI is InChI=1S/C18H16F3NO/c19-18(20,21)15-8-4-5-13(11-15)16(23)22-12-17(9-10-17)14-6-2-1-3-7-14/h1-8,11H,9-10,12H2,(H,22,23). The molecule has 0 saturated heterocycles. The summed E-state index contributed by atoms with van der Waals surface area (Å²) < 4.78 is 38.1. The summed E-state index contributed by atoms with van der Waals surface area (Å²) in [6.45, 7) is 0.437. The Kier molecular flexibility index (Phi) is 3.88. The summed E-state index contributed by atoms with van der Waals surface area (Å²) in [6.07, 6.45) is -2.50. The summed E-state index contributed by atoms with van der Waals surface area (Å²) in [7, 11) is 0. The van der Waals surface area contributed by atoms with E-state index in [1.165, 1.54) is 12.1 Å². The first-order chi connectivity index (χ1) is 10.9. The van der Waals surface area contributed by atoms with Crippen molar-refractivity contribution in [1.82, 2.24) is 5.32 Å². The maximum absolute atomic E-state index is 12.7. The van der Waals surface area contributed by atoms with Crippen LogP contribution >= 0.6 is 0 Å². The molecule has 3 rings (SSSR count). The molecule has 0 heterocycles. The average molecular weight is 319 g/mol. The molecule has 1 aliphatic rings. The molecule has 2 aromatic rings. The molecule has 23 heavy (non-hydrogen) atoms. The Morgan fingerprint density at radius 2 is 1.74 bits per heavy atom. The van der Waals surface area contributed by atoms with E-state index in [1.807, 2.05) is 30.3 Å². The second kappa shape index (κ2) is 5.72. The lowest BCUT2D eigenvalue weighted by atomic mass is 9.96. The topological polar surface area (TPSA) is 29.1 Å². The van der Waals surface area contributed by atoms with Crippen LogP contribution in [0.5, 0.6) is 0 Å². The summed E-state index contributed by atoms with van der Waals surface area (Å²) in [5.74, 6) is -0.474. The molecule has 5 heteroatoms. The SMILES string of the molecule is O=C(NCC1(c2ccccc2)CC1)c1cccc(C(F)(F)F)c1. The normalized spacial score (nSPS) is 16.0. The maximum Gasteiger partial charge on any atom is 0.416 e. The van der Waals surface area contributed by atoms with E-state index < -0.39 is 17.6 Å². The fourth-order valence-corrected chi connectivity index (χ4v) is 2.70. The minimum Gasteiger partial charge on any atom is -0.351 e. The van der Waals surface area contributed by atoms with Crippen LogP contribution in [-0.4, -0.2) is 12.5 Å². The zero-order valence-corrected chi connectivity index (χ0v) is 12.4. The van der Waals surface area contributed by atoms with Crippen molar-refractivity contribution in [3.8, 4) is 0 Å². The number of rotatable bonds is 4. The molecule has 0 bridgehead atoms. The van der Waals surface area contributed by atoms with Gasteiger partial charge in [0.05, 0.1) is 5.56 Å². The molecule has 2 nitrogen and oxygen atoms in total. The third-order valence-corrected chi connectivity index (χ3v) is 4.28. The molecule has 1 aliphatic carbocycles. The number of halogens is 3. The number of hydrogen-bond acceptors (Lipinski definition) is 1. The third kappa shape index (κ3) is 3.38. The van der Waals surface area contributed by atoms with Gasteiger partial charge in [-0.25, -0.2) is 0 Å². The molecule has 0 aliphatic heterocycles. The molecule has 0 atom stereocenters. The molecule has 1 fully saturated rings. The van der Waals surface area contributed by atoms with Gasteiger partial charge in [-0.3, -0.25) is 4.79 Å². The lowest BCUT2D eigenvalue weighted by Gasteiger charge is -2.17. The van der Waals surface area contributed by atoms with Gasteiger partial charge >= 0.3 is 6.18 Å². The van der Waals surface area contributed by atoms with Crippen LogP contribution in [0.2, 0.25) is 0 Å². The van der Waals surface area contributed by atoms with Gasteiger partial charge in [0.25, 0.3) is 5.91 Å². The second-order valence-electron chi connectivity index (χ2n) is 5.91.